The maximum Gasteiger partial charge on any atom is 0.317 e. The first-order chi connectivity index (χ1) is 8.71. The molecule has 0 radical (unpaired) electrons. The van der Waals surface area contributed by atoms with Crippen LogP contribution < -0.4 is 11.1 Å². The quantitative estimate of drug-likeness (QED) is 0.576. The van der Waals surface area contributed by atoms with E-state index < -0.39 is 0 Å². The number of urea groups is 1. The van der Waals surface area contributed by atoms with Gasteiger partial charge in [-0.15, -0.1) is 0 Å². The van der Waals surface area contributed by atoms with Crippen molar-refractivity contribution in [2.24, 2.45) is 10.7 Å². The molecule has 0 aromatic rings. The summed E-state index contributed by atoms with van der Waals surface area (Å²) in [7, 11) is 1.63. The number of rotatable bonds is 3. The number of nitrogens with one attached hydrogen (secondary N) is 1. The molecule has 0 saturated carbocycles. The van der Waals surface area contributed by atoms with Crippen LogP contribution in [0.15, 0.2) is 30.0 Å². The molecule has 2 amide bonds. The van der Waals surface area contributed by atoms with E-state index in [9.17, 15) is 4.79 Å². The van der Waals surface area contributed by atoms with Gasteiger partial charge >= 0.3 is 6.03 Å². The standard InChI is InChI=1S/C12H20N4O2/c1-3-11(15-7-6-13)18-10-4-8-16(9-5-10)12(17)14-2/h3,6-7,10H,1,4-5,8-9,13H2,2H3,(H,14,17)/b7-6-,15-11?. The fourth-order valence-corrected chi connectivity index (χ4v) is 1.75. The molecule has 0 spiro atoms. The van der Waals surface area contributed by atoms with Gasteiger partial charge in [0, 0.05) is 45.4 Å². The monoisotopic (exact) mass is 252 g/mol. The first-order valence-electron chi connectivity index (χ1n) is 5.91. The minimum Gasteiger partial charge on any atom is -0.474 e. The van der Waals surface area contributed by atoms with Crippen molar-refractivity contribution in [3.05, 3.63) is 25.1 Å². The highest BCUT2D eigenvalue weighted by Gasteiger charge is 2.23. The lowest BCUT2D eigenvalue weighted by atomic mass is 10.1. The lowest BCUT2D eigenvalue weighted by molar-refractivity contribution is 0.104. The van der Waals surface area contributed by atoms with Gasteiger partial charge in [0.2, 0.25) is 5.90 Å². The van der Waals surface area contributed by atoms with Gasteiger partial charge < -0.3 is 20.7 Å². The fraction of sp³-hybridized carbons (Fsp3) is 0.500. The van der Waals surface area contributed by atoms with Crippen molar-refractivity contribution in [2.45, 2.75) is 18.9 Å². The van der Waals surface area contributed by atoms with Crippen LogP contribution in [0.3, 0.4) is 0 Å². The Kier molecular flexibility index (Phi) is 5.76. The average Bonchev–Trinajstić information content (AvgIpc) is 2.43. The Labute approximate surface area is 107 Å². The Balaban J connectivity index is 2.43. The molecule has 0 bridgehead atoms. The molecule has 1 rings (SSSR count). The van der Waals surface area contributed by atoms with Gasteiger partial charge in [-0.05, 0) is 6.08 Å². The van der Waals surface area contributed by atoms with Crippen molar-refractivity contribution in [1.29, 1.82) is 0 Å². The predicted octanol–water partition coefficient (Wildman–Crippen LogP) is 0.821. The van der Waals surface area contributed by atoms with Gasteiger partial charge in [-0.1, -0.05) is 6.58 Å². The van der Waals surface area contributed by atoms with Crippen LogP contribution in [-0.4, -0.2) is 43.1 Å². The second kappa shape index (κ2) is 7.37. The van der Waals surface area contributed by atoms with E-state index in [0.717, 1.165) is 12.8 Å². The largest absolute Gasteiger partial charge is 0.474 e. The van der Waals surface area contributed by atoms with E-state index in [1.165, 1.54) is 12.4 Å². The molecule has 1 heterocycles. The molecule has 1 aliphatic rings. The van der Waals surface area contributed by atoms with Gasteiger partial charge in [0.25, 0.3) is 0 Å². The van der Waals surface area contributed by atoms with Crippen molar-refractivity contribution in [3.63, 3.8) is 0 Å². The molecule has 0 aromatic carbocycles. The van der Waals surface area contributed by atoms with E-state index in [0.29, 0.717) is 19.0 Å². The summed E-state index contributed by atoms with van der Waals surface area (Å²) < 4.78 is 5.67. The van der Waals surface area contributed by atoms with Gasteiger partial charge in [0.15, 0.2) is 0 Å². The summed E-state index contributed by atoms with van der Waals surface area (Å²) in [5.74, 6) is 0.454. The smallest absolute Gasteiger partial charge is 0.317 e. The Hall–Kier alpha value is -1.98. The van der Waals surface area contributed by atoms with Gasteiger partial charge in [-0.2, -0.15) is 0 Å². The number of hydrogen-bond acceptors (Lipinski definition) is 4. The normalized spacial score (nSPS) is 17.8. The Morgan fingerprint density at radius 1 is 1.56 bits per heavy atom. The number of nitrogens with zero attached hydrogens (tertiary/aromatic N) is 2. The van der Waals surface area contributed by atoms with Crippen LogP contribution in [-0.2, 0) is 4.74 Å². The molecule has 1 aliphatic heterocycles. The van der Waals surface area contributed by atoms with Crippen LogP contribution >= 0.6 is 0 Å². The highest BCUT2D eigenvalue weighted by molar-refractivity contribution is 5.87. The molecule has 6 nitrogen and oxygen atoms in total. The molecule has 3 N–H and O–H groups in total. The van der Waals surface area contributed by atoms with Crippen LogP contribution in [0.4, 0.5) is 4.79 Å². The predicted molar refractivity (Wildman–Crippen MR) is 71.1 cm³/mol. The summed E-state index contributed by atoms with van der Waals surface area (Å²) >= 11 is 0. The number of likely N-dealkylation sites (tertiary alicyclic amines) is 1. The summed E-state index contributed by atoms with van der Waals surface area (Å²) in [6, 6.07) is -0.0443. The summed E-state index contributed by atoms with van der Waals surface area (Å²) in [6.07, 6.45) is 5.97. The summed E-state index contributed by atoms with van der Waals surface area (Å²) in [5.41, 5.74) is 5.20. The molecule has 100 valence electrons. The summed E-state index contributed by atoms with van der Waals surface area (Å²) in [4.78, 5) is 17.2. The third-order valence-corrected chi connectivity index (χ3v) is 2.69. The van der Waals surface area contributed by atoms with Crippen molar-refractivity contribution in [1.82, 2.24) is 10.2 Å². The van der Waals surface area contributed by atoms with E-state index in [1.807, 2.05) is 0 Å². The van der Waals surface area contributed by atoms with E-state index in [1.54, 1.807) is 18.0 Å². The average molecular weight is 252 g/mol. The lowest BCUT2D eigenvalue weighted by Crippen LogP contribution is -2.45. The number of ether oxygens (including phenoxy) is 1. The third kappa shape index (κ3) is 4.12. The molecule has 0 aliphatic carbocycles. The van der Waals surface area contributed by atoms with Gasteiger partial charge in [-0.25, -0.2) is 9.79 Å². The maximum absolute atomic E-state index is 11.4. The maximum atomic E-state index is 11.4. The Bertz CT molecular complexity index is 344. The SMILES string of the molecule is C=CC(=N/C=C\N)OC1CCN(C(=O)NC)CC1. The van der Waals surface area contributed by atoms with Crippen molar-refractivity contribution >= 4 is 11.9 Å². The second-order valence-electron chi connectivity index (χ2n) is 3.87. The van der Waals surface area contributed by atoms with Gasteiger partial charge in [-0.3, -0.25) is 0 Å². The van der Waals surface area contributed by atoms with Crippen molar-refractivity contribution in [2.75, 3.05) is 20.1 Å². The van der Waals surface area contributed by atoms with E-state index in [2.05, 4.69) is 16.9 Å². The van der Waals surface area contributed by atoms with Crippen LogP contribution in [0.1, 0.15) is 12.8 Å². The van der Waals surface area contributed by atoms with E-state index in [4.69, 9.17) is 10.5 Å². The molecule has 1 fully saturated rings. The minimum atomic E-state index is -0.0443. The van der Waals surface area contributed by atoms with Crippen LogP contribution in [0.2, 0.25) is 0 Å². The zero-order chi connectivity index (χ0) is 13.4. The number of carbonyl (C=O) groups is 1. The second-order valence-corrected chi connectivity index (χ2v) is 3.87. The number of hydrogen-bond donors (Lipinski definition) is 2. The molecule has 6 heteroatoms. The van der Waals surface area contributed by atoms with Gasteiger partial charge in [0.1, 0.15) is 6.10 Å². The Morgan fingerprint density at radius 3 is 2.72 bits per heavy atom. The highest BCUT2D eigenvalue weighted by atomic mass is 16.5. The molecular weight excluding hydrogens is 232 g/mol. The number of carbonyl (C=O) groups excluding carboxylic acids is 1. The lowest BCUT2D eigenvalue weighted by Gasteiger charge is -2.31. The minimum absolute atomic E-state index is 0.0443. The number of aliphatic imine (C=N–C) groups is 1. The van der Waals surface area contributed by atoms with E-state index >= 15 is 0 Å². The molecule has 18 heavy (non-hydrogen) atoms. The first-order valence-corrected chi connectivity index (χ1v) is 5.91. The Morgan fingerprint density at radius 2 is 2.22 bits per heavy atom. The zero-order valence-electron chi connectivity index (χ0n) is 10.6. The number of nitrogens with two attached hydrogens (primary N) is 1. The molecule has 1 saturated heterocycles. The third-order valence-electron chi connectivity index (χ3n) is 2.69. The number of piperidine rings is 1. The molecule has 0 aromatic heterocycles. The molecular formula is C12H20N4O2. The van der Waals surface area contributed by atoms with Crippen LogP contribution in [0.5, 0.6) is 0 Å². The van der Waals surface area contributed by atoms with Crippen LogP contribution in [0.25, 0.3) is 0 Å². The summed E-state index contributed by atoms with van der Waals surface area (Å²) in [5, 5.41) is 2.61. The first kappa shape index (κ1) is 14.1. The van der Waals surface area contributed by atoms with Crippen molar-refractivity contribution in [3.8, 4) is 0 Å². The molecule has 0 unspecified atom stereocenters. The fourth-order valence-electron chi connectivity index (χ4n) is 1.75. The molecule has 0 atom stereocenters. The highest BCUT2D eigenvalue weighted by Crippen LogP contribution is 2.14. The van der Waals surface area contributed by atoms with E-state index in [-0.39, 0.29) is 12.1 Å². The van der Waals surface area contributed by atoms with Gasteiger partial charge in [0.05, 0.1) is 0 Å². The summed E-state index contributed by atoms with van der Waals surface area (Å²) in [6.45, 7) is 4.99. The zero-order valence-corrected chi connectivity index (χ0v) is 10.6. The van der Waals surface area contributed by atoms with Crippen LogP contribution in [0, 0.1) is 0 Å². The van der Waals surface area contributed by atoms with Crippen molar-refractivity contribution < 1.29 is 9.53 Å². The number of amides is 2. The topological polar surface area (TPSA) is 80.0 Å².